The lowest BCUT2D eigenvalue weighted by Gasteiger charge is -2.19. The lowest BCUT2D eigenvalue weighted by molar-refractivity contribution is -0.151. The number of hydrogen-bond acceptors (Lipinski definition) is 6. The van der Waals surface area contributed by atoms with Gasteiger partial charge in [-0.25, -0.2) is 9.97 Å². The minimum atomic E-state index is -0.444. The summed E-state index contributed by atoms with van der Waals surface area (Å²) in [6, 6.07) is 0. The van der Waals surface area contributed by atoms with E-state index in [2.05, 4.69) is 9.97 Å². The summed E-state index contributed by atoms with van der Waals surface area (Å²) in [5.41, 5.74) is 0.957. The molecule has 0 amide bonds. The predicted octanol–water partition coefficient (Wildman–Crippen LogP) is 4.00. The fourth-order valence-corrected chi connectivity index (χ4v) is 4.76. The second-order valence-electron chi connectivity index (χ2n) is 6.44. The van der Waals surface area contributed by atoms with E-state index < -0.39 is 5.60 Å². The second-order valence-corrected chi connectivity index (χ2v) is 8.49. The van der Waals surface area contributed by atoms with Gasteiger partial charge in [0.05, 0.1) is 5.75 Å². The van der Waals surface area contributed by atoms with Gasteiger partial charge in [0.2, 0.25) is 0 Å². The molecule has 0 bridgehead atoms. The summed E-state index contributed by atoms with van der Waals surface area (Å²) in [5.74, 6) is 0.0851. The Bertz CT molecular complexity index is 704. The van der Waals surface area contributed by atoms with Gasteiger partial charge in [0.1, 0.15) is 21.8 Å². The number of carbonyl (C=O) groups is 1. The Kier molecular flexibility index (Phi) is 4.41. The van der Waals surface area contributed by atoms with Crippen LogP contribution in [0.5, 0.6) is 0 Å². The molecule has 0 N–H and O–H groups in total. The Morgan fingerprint density at radius 2 is 2.09 bits per heavy atom. The van der Waals surface area contributed by atoms with Crippen LogP contribution in [0.4, 0.5) is 0 Å². The molecule has 2 aromatic rings. The second kappa shape index (κ2) is 6.16. The molecule has 1 aliphatic carbocycles. The van der Waals surface area contributed by atoms with Crippen molar-refractivity contribution >= 4 is 39.3 Å². The van der Waals surface area contributed by atoms with Crippen LogP contribution < -0.4 is 0 Å². The van der Waals surface area contributed by atoms with E-state index in [1.54, 1.807) is 17.7 Å². The van der Waals surface area contributed by atoms with Crippen LogP contribution in [0.2, 0.25) is 0 Å². The molecule has 0 aromatic carbocycles. The highest BCUT2D eigenvalue weighted by Gasteiger charge is 2.21. The van der Waals surface area contributed by atoms with Crippen LogP contribution in [0.25, 0.3) is 10.2 Å². The molecule has 0 radical (unpaired) electrons. The number of rotatable bonds is 3. The molecule has 22 heavy (non-hydrogen) atoms. The van der Waals surface area contributed by atoms with Gasteiger partial charge in [0.15, 0.2) is 0 Å². The molecular formula is C16H20N2O2S2. The molecule has 0 saturated carbocycles. The summed E-state index contributed by atoms with van der Waals surface area (Å²) in [6.45, 7) is 5.65. The Balaban J connectivity index is 1.82. The first kappa shape index (κ1) is 15.7. The third kappa shape index (κ3) is 3.43. The summed E-state index contributed by atoms with van der Waals surface area (Å²) in [7, 11) is 0. The van der Waals surface area contributed by atoms with Gasteiger partial charge in [0.25, 0.3) is 0 Å². The van der Waals surface area contributed by atoms with Gasteiger partial charge >= 0.3 is 5.97 Å². The van der Waals surface area contributed by atoms with E-state index in [0.717, 1.165) is 28.1 Å². The monoisotopic (exact) mass is 336 g/mol. The minimum Gasteiger partial charge on any atom is -0.459 e. The first-order valence-electron chi connectivity index (χ1n) is 7.54. The van der Waals surface area contributed by atoms with Gasteiger partial charge in [-0.15, -0.1) is 11.3 Å². The van der Waals surface area contributed by atoms with E-state index in [4.69, 9.17) is 4.74 Å². The van der Waals surface area contributed by atoms with Crippen LogP contribution in [0.15, 0.2) is 11.4 Å². The molecule has 118 valence electrons. The predicted molar refractivity (Wildman–Crippen MR) is 90.6 cm³/mol. The molecule has 0 atom stereocenters. The van der Waals surface area contributed by atoms with E-state index in [-0.39, 0.29) is 11.7 Å². The number of ether oxygens (including phenoxy) is 1. The molecule has 0 spiro atoms. The zero-order chi connectivity index (χ0) is 15.7. The Labute approximate surface area is 138 Å². The molecule has 1 aliphatic rings. The average Bonchev–Trinajstić information content (AvgIpc) is 2.82. The standard InChI is InChI=1S/C16H20N2O2S2/c1-16(2,3)20-12(19)8-21-14-13-10-6-4-5-7-11(10)22-15(13)18-9-17-14/h9H,4-8H2,1-3H3. The normalized spacial score (nSPS) is 14.9. The number of aryl methyl sites for hydroxylation is 2. The highest BCUT2D eigenvalue weighted by Crippen LogP contribution is 2.39. The summed E-state index contributed by atoms with van der Waals surface area (Å²) in [4.78, 5) is 23.2. The fourth-order valence-electron chi connectivity index (χ4n) is 2.67. The van der Waals surface area contributed by atoms with Crippen LogP contribution >= 0.6 is 23.1 Å². The Morgan fingerprint density at radius 1 is 1.32 bits per heavy atom. The van der Waals surface area contributed by atoms with Crippen LogP contribution in [0.3, 0.4) is 0 Å². The summed E-state index contributed by atoms with van der Waals surface area (Å²) < 4.78 is 5.37. The molecule has 0 saturated heterocycles. The van der Waals surface area contributed by atoms with Crippen LogP contribution in [-0.2, 0) is 22.4 Å². The summed E-state index contributed by atoms with van der Waals surface area (Å²) in [5, 5.41) is 2.08. The number of fused-ring (bicyclic) bond motifs is 3. The van der Waals surface area contributed by atoms with Gasteiger partial charge in [-0.05, 0) is 52.0 Å². The maximum Gasteiger partial charge on any atom is 0.316 e. The first-order valence-corrected chi connectivity index (χ1v) is 9.34. The van der Waals surface area contributed by atoms with Crippen molar-refractivity contribution in [3.63, 3.8) is 0 Å². The highest BCUT2D eigenvalue weighted by molar-refractivity contribution is 8.00. The maximum absolute atomic E-state index is 11.9. The number of aromatic nitrogens is 2. The molecule has 0 unspecified atom stereocenters. The average molecular weight is 336 g/mol. The van der Waals surface area contributed by atoms with Gasteiger partial charge in [0, 0.05) is 10.3 Å². The smallest absolute Gasteiger partial charge is 0.316 e. The first-order chi connectivity index (χ1) is 10.4. The number of esters is 1. The number of carbonyl (C=O) groups excluding carboxylic acids is 1. The number of hydrogen-bond donors (Lipinski definition) is 0. The van der Waals surface area contributed by atoms with Gasteiger partial charge in [-0.3, -0.25) is 4.79 Å². The quantitative estimate of drug-likeness (QED) is 0.482. The molecule has 6 heteroatoms. The van der Waals surface area contributed by atoms with Crippen molar-refractivity contribution in [2.24, 2.45) is 0 Å². The van der Waals surface area contributed by atoms with E-state index >= 15 is 0 Å². The van der Waals surface area contributed by atoms with Gasteiger partial charge in [-0.1, -0.05) is 11.8 Å². The Morgan fingerprint density at radius 3 is 2.86 bits per heavy atom. The lowest BCUT2D eigenvalue weighted by Crippen LogP contribution is -2.24. The molecule has 0 fully saturated rings. The number of thiophene rings is 1. The summed E-state index contributed by atoms with van der Waals surface area (Å²) >= 11 is 3.23. The Hall–Kier alpha value is -1.14. The molecule has 3 rings (SSSR count). The maximum atomic E-state index is 11.9. The minimum absolute atomic E-state index is 0.201. The van der Waals surface area contributed by atoms with Crippen LogP contribution in [0.1, 0.15) is 44.1 Å². The summed E-state index contributed by atoms with van der Waals surface area (Å²) in [6.07, 6.45) is 6.33. The van der Waals surface area contributed by atoms with E-state index in [9.17, 15) is 4.79 Å². The molecular weight excluding hydrogens is 316 g/mol. The third-order valence-electron chi connectivity index (χ3n) is 3.46. The van der Waals surface area contributed by atoms with E-state index in [0.29, 0.717) is 0 Å². The van der Waals surface area contributed by atoms with Gasteiger partial charge in [-0.2, -0.15) is 0 Å². The SMILES string of the molecule is CC(C)(C)OC(=O)CSc1ncnc2sc3c(c12)CCCC3. The van der Waals surface area contributed by atoms with Crippen molar-refractivity contribution in [1.82, 2.24) is 9.97 Å². The molecule has 2 aromatic heterocycles. The van der Waals surface area contributed by atoms with Crippen molar-refractivity contribution in [3.8, 4) is 0 Å². The molecule has 0 aliphatic heterocycles. The highest BCUT2D eigenvalue weighted by atomic mass is 32.2. The largest absolute Gasteiger partial charge is 0.459 e. The van der Waals surface area contributed by atoms with Crippen molar-refractivity contribution in [3.05, 3.63) is 16.8 Å². The van der Waals surface area contributed by atoms with Crippen LogP contribution in [-0.4, -0.2) is 27.3 Å². The van der Waals surface area contributed by atoms with Crippen molar-refractivity contribution in [2.45, 2.75) is 57.1 Å². The van der Waals surface area contributed by atoms with Crippen molar-refractivity contribution in [1.29, 1.82) is 0 Å². The third-order valence-corrected chi connectivity index (χ3v) is 5.63. The number of thioether (sulfide) groups is 1. The van der Waals surface area contributed by atoms with Gasteiger partial charge < -0.3 is 4.74 Å². The lowest BCUT2D eigenvalue weighted by atomic mass is 9.97. The zero-order valence-corrected chi connectivity index (χ0v) is 14.8. The molecule has 4 nitrogen and oxygen atoms in total. The van der Waals surface area contributed by atoms with Crippen LogP contribution in [0, 0.1) is 0 Å². The van der Waals surface area contributed by atoms with Crippen molar-refractivity contribution in [2.75, 3.05) is 5.75 Å². The zero-order valence-electron chi connectivity index (χ0n) is 13.1. The number of nitrogens with zero attached hydrogens (tertiary/aromatic N) is 2. The fraction of sp³-hybridized carbons (Fsp3) is 0.562. The van der Waals surface area contributed by atoms with E-state index in [1.807, 2.05) is 20.8 Å². The van der Waals surface area contributed by atoms with Crippen molar-refractivity contribution < 1.29 is 9.53 Å². The molecule has 2 heterocycles. The van der Waals surface area contributed by atoms with E-state index in [1.165, 1.54) is 35.0 Å². The topological polar surface area (TPSA) is 52.1 Å².